The van der Waals surface area contributed by atoms with Crippen LogP contribution in [0, 0.1) is 5.92 Å². The lowest BCUT2D eigenvalue weighted by atomic mass is 9.68. The number of piperidine rings is 1. The van der Waals surface area contributed by atoms with E-state index in [2.05, 4.69) is 17.1 Å². The van der Waals surface area contributed by atoms with Crippen LogP contribution in [0.2, 0.25) is 10.0 Å². The first-order chi connectivity index (χ1) is 16.0. The molecule has 178 valence electrons. The number of rotatable bonds is 7. The largest absolute Gasteiger partial charge is 0.492 e. The number of carbonyl (C=O) groups is 1. The molecular weight excluding hydrogens is 455 g/mol. The summed E-state index contributed by atoms with van der Waals surface area (Å²) in [5.41, 5.74) is 1.02. The summed E-state index contributed by atoms with van der Waals surface area (Å²) < 4.78 is 5.95. The Bertz CT molecular complexity index is 942. The van der Waals surface area contributed by atoms with Gasteiger partial charge in [-0.3, -0.25) is 9.69 Å². The Labute approximate surface area is 207 Å². The summed E-state index contributed by atoms with van der Waals surface area (Å²) in [6.07, 6.45) is 7.34. The van der Waals surface area contributed by atoms with Crippen molar-refractivity contribution in [3.63, 3.8) is 0 Å². The van der Waals surface area contributed by atoms with Crippen LogP contribution in [0.5, 0.6) is 5.75 Å². The first-order valence-corrected chi connectivity index (χ1v) is 12.9. The molecule has 4 nitrogen and oxygen atoms in total. The molecule has 1 aliphatic heterocycles. The fraction of sp³-hybridized carbons (Fsp3) is 0.519. The molecule has 1 heterocycles. The zero-order valence-electron chi connectivity index (χ0n) is 19.4. The van der Waals surface area contributed by atoms with Gasteiger partial charge in [0.2, 0.25) is 5.91 Å². The molecule has 1 aliphatic carbocycles. The predicted octanol–water partition coefficient (Wildman–Crippen LogP) is 6.94. The fourth-order valence-corrected chi connectivity index (χ4v) is 5.91. The van der Waals surface area contributed by atoms with Crippen LogP contribution < -0.4 is 10.1 Å². The van der Waals surface area contributed by atoms with Crippen molar-refractivity contribution in [2.45, 2.75) is 57.3 Å². The lowest BCUT2D eigenvalue weighted by Crippen LogP contribution is -2.42. The smallest absolute Gasteiger partial charge is 0.235 e. The highest BCUT2D eigenvalue weighted by molar-refractivity contribution is 6.35. The van der Waals surface area contributed by atoms with Crippen molar-refractivity contribution in [2.75, 3.05) is 31.6 Å². The van der Waals surface area contributed by atoms with E-state index in [1.165, 1.54) is 12.8 Å². The summed E-state index contributed by atoms with van der Waals surface area (Å²) in [5, 5.41) is 4.28. The van der Waals surface area contributed by atoms with Gasteiger partial charge in [0.05, 0.1) is 5.41 Å². The van der Waals surface area contributed by atoms with E-state index in [0.29, 0.717) is 16.7 Å². The second-order valence-corrected chi connectivity index (χ2v) is 10.5. The second-order valence-electron chi connectivity index (χ2n) is 9.64. The number of nitrogens with one attached hydrogen (secondary N) is 1. The van der Waals surface area contributed by atoms with Crippen molar-refractivity contribution in [1.29, 1.82) is 0 Å². The van der Waals surface area contributed by atoms with Crippen molar-refractivity contribution in [3.05, 3.63) is 58.1 Å². The summed E-state index contributed by atoms with van der Waals surface area (Å²) in [6.45, 7) is 6.27. The van der Waals surface area contributed by atoms with Gasteiger partial charge in [-0.1, -0.05) is 55.5 Å². The third-order valence-electron chi connectivity index (χ3n) is 7.12. The van der Waals surface area contributed by atoms with Crippen LogP contribution in [0.25, 0.3) is 0 Å². The van der Waals surface area contributed by atoms with E-state index in [4.69, 9.17) is 27.9 Å². The highest BCUT2D eigenvalue weighted by Crippen LogP contribution is 2.44. The van der Waals surface area contributed by atoms with Crippen LogP contribution in [0.3, 0.4) is 0 Å². The number of benzene rings is 2. The highest BCUT2D eigenvalue weighted by Gasteiger charge is 2.42. The van der Waals surface area contributed by atoms with Crippen LogP contribution in [0.1, 0.15) is 57.4 Å². The van der Waals surface area contributed by atoms with Crippen LogP contribution >= 0.6 is 23.2 Å². The molecule has 2 aromatic carbocycles. The Balaban J connectivity index is 1.38. The van der Waals surface area contributed by atoms with E-state index in [-0.39, 0.29) is 5.91 Å². The molecular formula is C27H34Cl2N2O2. The van der Waals surface area contributed by atoms with Gasteiger partial charge in [-0.25, -0.2) is 0 Å². The van der Waals surface area contributed by atoms with Gasteiger partial charge in [-0.2, -0.15) is 0 Å². The average molecular weight is 489 g/mol. The van der Waals surface area contributed by atoms with E-state index in [9.17, 15) is 4.79 Å². The normalized spacial score (nSPS) is 20.9. The predicted molar refractivity (Wildman–Crippen MR) is 137 cm³/mol. The molecule has 2 fully saturated rings. The van der Waals surface area contributed by atoms with E-state index in [1.807, 2.05) is 36.4 Å². The number of carbonyl (C=O) groups excluding carboxylic acids is 1. The third kappa shape index (κ3) is 6.03. The number of nitrogens with zero attached hydrogens (tertiary/aromatic N) is 1. The third-order valence-corrected chi connectivity index (χ3v) is 7.67. The van der Waals surface area contributed by atoms with Gasteiger partial charge >= 0.3 is 0 Å². The number of amides is 1. The maximum absolute atomic E-state index is 13.5. The lowest BCUT2D eigenvalue weighted by molar-refractivity contribution is -0.122. The van der Waals surface area contributed by atoms with E-state index >= 15 is 0 Å². The zero-order chi connectivity index (χ0) is 23.3. The van der Waals surface area contributed by atoms with Gasteiger partial charge in [0.1, 0.15) is 12.4 Å². The Morgan fingerprint density at radius 2 is 1.85 bits per heavy atom. The first-order valence-electron chi connectivity index (χ1n) is 12.2. The van der Waals surface area contributed by atoms with Gasteiger partial charge in [0, 0.05) is 28.8 Å². The van der Waals surface area contributed by atoms with Gasteiger partial charge in [-0.15, -0.1) is 0 Å². The van der Waals surface area contributed by atoms with Gasteiger partial charge in [0.15, 0.2) is 0 Å². The fourth-order valence-electron chi connectivity index (χ4n) is 5.32. The van der Waals surface area contributed by atoms with Gasteiger partial charge in [0.25, 0.3) is 0 Å². The number of likely N-dealkylation sites (tertiary alicyclic amines) is 1. The number of hydrogen-bond acceptors (Lipinski definition) is 3. The molecule has 6 heteroatoms. The highest BCUT2D eigenvalue weighted by atomic mass is 35.5. The molecule has 2 aromatic rings. The Morgan fingerprint density at radius 3 is 2.55 bits per heavy atom. The van der Waals surface area contributed by atoms with E-state index < -0.39 is 5.41 Å². The topological polar surface area (TPSA) is 41.6 Å². The molecule has 0 bridgehead atoms. The van der Waals surface area contributed by atoms with Crippen molar-refractivity contribution >= 4 is 34.8 Å². The van der Waals surface area contributed by atoms with E-state index in [1.54, 1.807) is 6.07 Å². The number of hydrogen-bond donors (Lipinski definition) is 1. The number of ether oxygens (including phenoxy) is 1. The van der Waals surface area contributed by atoms with Crippen molar-refractivity contribution in [3.8, 4) is 5.75 Å². The van der Waals surface area contributed by atoms with E-state index in [0.717, 1.165) is 74.7 Å². The molecule has 33 heavy (non-hydrogen) atoms. The molecule has 1 atom stereocenters. The molecule has 2 aliphatic rings. The minimum Gasteiger partial charge on any atom is -0.492 e. The second kappa shape index (κ2) is 11.1. The van der Waals surface area contributed by atoms with Crippen LogP contribution in [-0.2, 0) is 10.2 Å². The van der Waals surface area contributed by atoms with Crippen molar-refractivity contribution < 1.29 is 9.53 Å². The summed E-state index contributed by atoms with van der Waals surface area (Å²) in [6, 6.07) is 13.2. The summed E-state index contributed by atoms with van der Waals surface area (Å²) in [4.78, 5) is 16.0. The Morgan fingerprint density at radius 1 is 1.09 bits per heavy atom. The first kappa shape index (κ1) is 24.4. The molecule has 1 saturated carbocycles. The molecule has 0 spiro atoms. The molecule has 1 saturated heterocycles. The monoisotopic (exact) mass is 488 g/mol. The Kier molecular flexibility index (Phi) is 8.21. The van der Waals surface area contributed by atoms with Crippen LogP contribution in [-0.4, -0.2) is 37.0 Å². The SMILES string of the molecule is C[C@H]1CCCN(CCOc2ccc(NC(=O)C3(c4ccc(Cl)cc4Cl)CCCCC3)cc2)C1. The Hall–Kier alpha value is -1.75. The number of anilines is 1. The van der Waals surface area contributed by atoms with Gasteiger partial charge < -0.3 is 10.1 Å². The average Bonchev–Trinajstić information content (AvgIpc) is 2.81. The molecule has 0 unspecified atom stereocenters. The minimum absolute atomic E-state index is 0.000640. The molecule has 0 aromatic heterocycles. The van der Waals surface area contributed by atoms with Crippen LogP contribution in [0.4, 0.5) is 5.69 Å². The lowest BCUT2D eigenvalue weighted by Gasteiger charge is -2.37. The summed E-state index contributed by atoms with van der Waals surface area (Å²) in [5.74, 6) is 1.60. The zero-order valence-corrected chi connectivity index (χ0v) is 20.9. The van der Waals surface area contributed by atoms with Crippen molar-refractivity contribution in [1.82, 2.24) is 4.90 Å². The minimum atomic E-state index is -0.624. The summed E-state index contributed by atoms with van der Waals surface area (Å²) >= 11 is 12.7. The standard InChI is InChI=1S/C27H34Cl2N2O2/c1-20-6-5-15-31(19-20)16-17-33-23-10-8-22(9-11-23)30-26(32)27(13-3-2-4-14-27)24-12-7-21(28)18-25(24)29/h7-12,18,20H,2-6,13-17,19H2,1H3,(H,30,32)/t20-/m0/s1. The molecule has 4 rings (SSSR count). The maximum atomic E-state index is 13.5. The number of halogens is 2. The molecule has 1 amide bonds. The molecule has 1 N–H and O–H groups in total. The van der Waals surface area contributed by atoms with Crippen LogP contribution in [0.15, 0.2) is 42.5 Å². The summed E-state index contributed by atoms with van der Waals surface area (Å²) in [7, 11) is 0. The quantitative estimate of drug-likeness (QED) is 0.458. The van der Waals surface area contributed by atoms with Gasteiger partial charge in [-0.05, 0) is 80.1 Å². The molecule has 0 radical (unpaired) electrons. The maximum Gasteiger partial charge on any atom is 0.235 e. The van der Waals surface area contributed by atoms with Crippen molar-refractivity contribution in [2.24, 2.45) is 5.92 Å².